The first-order valence-electron chi connectivity index (χ1n) is 3.89. The maximum atomic E-state index is 13.1. The van der Waals surface area contributed by atoms with E-state index in [2.05, 4.69) is 5.32 Å². The molecule has 0 aromatic heterocycles. The SMILES string of the molecule is Cc1cc2c(cc1F)NC(=O)CS2. The molecule has 0 aliphatic carbocycles. The minimum Gasteiger partial charge on any atom is -0.324 e. The van der Waals surface area contributed by atoms with Gasteiger partial charge in [0.25, 0.3) is 0 Å². The summed E-state index contributed by atoms with van der Waals surface area (Å²) >= 11 is 1.44. The molecule has 0 saturated carbocycles. The molecule has 1 N–H and O–H groups in total. The van der Waals surface area contributed by atoms with Crippen molar-refractivity contribution in [3.63, 3.8) is 0 Å². The Morgan fingerprint density at radius 1 is 1.54 bits per heavy atom. The van der Waals surface area contributed by atoms with Crippen molar-refractivity contribution >= 4 is 23.4 Å². The second-order valence-electron chi connectivity index (χ2n) is 2.93. The van der Waals surface area contributed by atoms with Gasteiger partial charge in [0, 0.05) is 4.90 Å². The molecule has 0 fully saturated rings. The predicted molar refractivity (Wildman–Crippen MR) is 50.5 cm³/mol. The molecule has 1 aliphatic heterocycles. The lowest BCUT2D eigenvalue weighted by molar-refractivity contribution is -0.113. The molecule has 13 heavy (non-hydrogen) atoms. The number of rotatable bonds is 0. The zero-order chi connectivity index (χ0) is 9.42. The van der Waals surface area contributed by atoms with Crippen molar-refractivity contribution in [1.82, 2.24) is 0 Å². The monoisotopic (exact) mass is 197 g/mol. The summed E-state index contributed by atoms with van der Waals surface area (Å²) in [7, 11) is 0. The molecule has 2 nitrogen and oxygen atoms in total. The van der Waals surface area contributed by atoms with E-state index in [1.807, 2.05) is 0 Å². The van der Waals surface area contributed by atoms with Crippen LogP contribution in [0.5, 0.6) is 0 Å². The molecule has 4 heteroatoms. The molecule has 0 unspecified atom stereocenters. The molecule has 0 atom stereocenters. The lowest BCUT2D eigenvalue weighted by Gasteiger charge is -2.16. The highest BCUT2D eigenvalue weighted by Crippen LogP contribution is 2.32. The zero-order valence-corrected chi connectivity index (χ0v) is 7.87. The number of hydrogen-bond acceptors (Lipinski definition) is 2. The van der Waals surface area contributed by atoms with E-state index >= 15 is 0 Å². The van der Waals surface area contributed by atoms with Crippen LogP contribution in [-0.4, -0.2) is 11.7 Å². The number of carbonyl (C=O) groups is 1. The number of benzene rings is 1. The van der Waals surface area contributed by atoms with Gasteiger partial charge in [-0.05, 0) is 24.6 Å². The average molecular weight is 197 g/mol. The molecule has 68 valence electrons. The first kappa shape index (κ1) is 8.56. The smallest absolute Gasteiger partial charge is 0.234 e. The highest BCUT2D eigenvalue weighted by atomic mass is 32.2. The third-order valence-electron chi connectivity index (χ3n) is 1.89. The number of amides is 1. The number of nitrogens with one attached hydrogen (secondary N) is 1. The number of carbonyl (C=O) groups excluding carboxylic acids is 1. The van der Waals surface area contributed by atoms with Crippen molar-refractivity contribution in [2.24, 2.45) is 0 Å². The Bertz CT molecular complexity index is 378. The average Bonchev–Trinajstić information content (AvgIpc) is 2.08. The Hall–Kier alpha value is -1.03. The molecule has 1 aliphatic rings. The second kappa shape index (κ2) is 3.03. The van der Waals surface area contributed by atoms with E-state index in [9.17, 15) is 9.18 Å². The van der Waals surface area contributed by atoms with E-state index in [-0.39, 0.29) is 11.7 Å². The molecule has 0 bridgehead atoms. The minimum absolute atomic E-state index is 0.0687. The molecule has 1 aromatic carbocycles. The highest BCUT2D eigenvalue weighted by Gasteiger charge is 2.16. The molecule has 2 rings (SSSR count). The van der Waals surface area contributed by atoms with E-state index in [4.69, 9.17) is 0 Å². The summed E-state index contributed by atoms with van der Waals surface area (Å²) < 4.78 is 13.1. The quantitative estimate of drug-likeness (QED) is 0.690. The number of fused-ring (bicyclic) bond motifs is 1. The Labute approximate surface area is 79.5 Å². The van der Waals surface area contributed by atoms with Crippen LogP contribution < -0.4 is 5.32 Å². The minimum atomic E-state index is -0.276. The van der Waals surface area contributed by atoms with E-state index < -0.39 is 0 Å². The van der Waals surface area contributed by atoms with Gasteiger partial charge in [-0.2, -0.15) is 0 Å². The summed E-state index contributed by atoms with van der Waals surface area (Å²) in [6.07, 6.45) is 0. The summed E-state index contributed by atoms with van der Waals surface area (Å²) in [5, 5.41) is 2.63. The maximum absolute atomic E-state index is 13.1. The fourth-order valence-corrected chi connectivity index (χ4v) is 2.09. The van der Waals surface area contributed by atoms with Crippen LogP contribution in [-0.2, 0) is 4.79 Å². The van der Waals surface area contributed by atoms with Gasteiger partial charge >= 0.3 is 0 Å². The van der Waals surface area contributed by atoms with Crippen molar-refractivity contribution in [2.45, 2.75) is 11.8 Å². The van der Waals surface area contributed by atoms with Crippen LogP contribution in [0.3, 0.4) is 0 Å². The van der Waals surface area contributed by atoms with Crippen LogP contribution >= 0.6 is 11.8 Å². The van der Waals surface area contributed by atoms with Crippen molar-refractivity contribution in [2.75, 3.05) is 11.1 Å². The van der Waals surface area contributed by atoms with Crippen LogP contribution in [0.1, 0.15) is 5.56 Å². The molecular formula is C9H8FNOS. The largest absolute Gasteiger partial charge is 0.324 e. The Kier molecular flexibility index (Phi) is 2.00. The van der Waals surface area contributed by atoms with E-state index in [1.165, 1.54) is 17.8 Å². The van der Waals surface area contributed by atoms with Gasteiger partial charge in [0.15, 0.2) is 0 Å². The van der Waals surface area contributed by atoms with Crippen LogP contribution in [0.4, 0.5) is 10.1 Å². The molecule has 1 amide bonds. The standard InChI is InChI=1S/C9H8FNOS/c1-5-2-8-7(3-6(5)10)11-9(12)4-13-8/h2-3H,4H2,1H3,(H,11,12). The maximum Gasteiger partial charge on any atom is 0.234 e. The number of halogens is 1. The molecular weight excluding hydrogens is 189 g/mol. The van der Waals surface area contributed by atoms with Gasteiger partial charge in [-0.3, -0.25) is 4.79 Å². The van der Waals surface area contributed by atoms with Gasteiger partial charge < -0.3 is 5.32 Å². The number of thioether (sulfide) groups is 1. The zero-order valence-electron chi connectivity index (χ0n) is 7.06. The molecule has 1 heterocycles. The van der Waals surface area contributed by atoms with Gasteiger partial charge in [-0.15, -0.1) is 11.8 Å². The highest BCUT2D eigenvalue weighted by molar-refractivity contribution is 8.00. The third-order valence-corrected chi connectivity index (χ3v) is 2.95. The third kappa shape index (κ3) is 1.54. The van der Waals surface area contributed by atoms with Crippen molar-refractivity contribution in [1.29, 1.82) is 0 Å². The first-order valence-corrected chi connectivity index (χ1v) is 4.88. The van der Waals surface area contributed by atoms with Gasteiger partial charge in [-0.1, -0.05) is 0 Å². The molecule has 1 aromatic rings. The van der Waals surface area contributed by atoms with E-state index in [0.717, 1.165) is 4.90 Å². The number of hydrogen-bond donors (Lipinski definition) is 1. The summed E-state index contributed by atoms with van der Waals surface area (Å²) in [4.78, 5) is 11.9. The van der Waals surface area contributed by atoms with Gasteiger partial charge in [0.2, 0.25) is 5.91 Å². The van der Waals surface area contributed by atoms with Crippen molar-refractivity contribution < 1.29 is 9.18 Å². The van der Waals surface area contributed by atoms with Crippen molar-refractivity contribution in [3.8, 4) is 0 Å². The van der Waals surface area contributed by atoms with Crippen molar-refractivity contribution in [3.05, 3.63) is 23.5 Å². The lowest BCUT2D eigenvalue weighted by atomic mass is 10.2. The number of anilines is 1. The van der Waals surface area contributed by atoms with Gasteiger partial charge in [0.05, 0.1) is 11.4 Å². The fourth-order valence-electron chi connectivity index (χ4n) is 1.20. The summed E-state index contributed by atoms with van der Waals surface area (Å²) in [6.45, 7) is 1.71. The lowest BCUT2D eigenvalue weighted by Crippen LogP contribution is -2.18. The second-order valence-corrected chi connectivity index (χ2v) is 3.95. The molecule has 0 spiro atoms. The van der Waals surface area contributed by atoms with Crippen LogP contribution in [0.2, 0.25) is 0 Å². The summed E-state index contributed by atoms with van der Waals surface area (Å²) in [6, 6.07) is 3.13. The first-order chi connectivity index (χ1) is 6.16. The van der Waals surface area contributed by atoms with Crippen LogP contribution in [0.25, 0.3) is 0 Å². The Morgan fingerprint density at radius 2 is 2.31 bits per heavy atom. The van der Waals surface area contributed by atoms with E-state index in [0.29, 0.717) is 17.0 Å². The predicted octanol–water partition coefficient (Wildman–Crippen LogP) is 2.18. The van der Waals surface area contributed by atoms with Gasteiger partial charge in [0.1, 0.15) is 5.82 Å². The molecule has 0 saturated heterocycles. The molecule has 0 radical (unpaired) electrons. The Balaban J connectivity index is 2.49. The van der Waals surface area contributed by atoms with Gasteiger partial charge in [-0.25, -0.2) is 4.39 Å². The van der Waals surface area contributed by atoms with Crippen LogP contribution in [0, 0.1) is 12.7 Å². The fraction of sp³-hybridized carbons (Fsp3) is 0.222. The summed E-state index contributed by atoms with van der Waals surface area (Å²) in [5.41, 5.74) is 1.20. The van der Waals surface area contributed by atoms with Crippen LogP contribution in [0.15, 0.2) is 17.0 Å². The summed E-state index contributed by atoms with van der Waals surface area (Å²) in [5.74, 6) is 0.0697. The topological polar surface area (TPSA) is 29.1 Å². The Morgan fingerprint density at radius 3 is 3.08 bits per heavy atom. The normalized spacial score (nSPS) is 15.1. The van der Waals surface area contributed by atoms with E-state index in [1.54, 1.807) is 13.0 Å². The number of aryl methyl sites for hydroxylation is 1.